The van der Waals surface area contributed by atoms with Crippen molar-refractivity contribution >= 4 is 34.0 Å². The Morgan fingerprint density at radius 1 is 1.00 bits per heavy atom. The zero-order valence-electron chi connectivity index (χ0n) is 23.2. The number of fused-ring (bicyclic) bond motifs is 3. The number of carbonyl (C=O) groups is 1. The van der Waals surface area contributed by atoms with Crippen LogP contribution in [0.5, 0.6) is 11.5 Å². The van der Waals surface area contributed by atoms with E-state index in [1.807, 2.05) is 60.7 Å². The number of nitrogens with one attached hydrogen (secondary N) is 2. The molecule has 0 fully saturated rings. The summed E-state index contributed by atoms with van der Waals surface area (Å²) in [5.74, 6) is 1.96. The van der Waals surface area contributed by atoms with Crippen LogP contribution in [-0.4, -0.2) is 35.8 Å². The molecule has 0 unspecified atom stereocenters. The maximum atomic E-state index is 13.0. The van der Waals surface area contributed by atoms with Gasteiger partial charge in [-0.3, -0.25) is 4.79 Å². The smallest absolute Gasteiger partial charge is 0.225 e. The summed E-state index contributed by atoms with van der Waals surface area (Å²) >= 11 is 2.98. The minimum Gasteiger partial charge on any atom is -0.497 e. The van der Waals surface area contributed by atoms with Crippen LogP contribution in [0.1, 0.15) is 23.1 Å². The first kappa shape index (κ1) is 27.6. The summed E-state index contributed by atoms with van der Waals surface area (Å²) < 4.78 is 10.6. The zero-order valence-corrected chi connectivity index (χ0v) is 24.8. The number of carbonyl (C=O) groups excluding carboxylic acids is 1. The van der Waals surface area contributed by atoms with Crippen molar-refractivity contribution in [3.63, 3.8) is 0 Å². The first-order chi connectivity index (χ1) is 20.6. The van der Waals surface area contributed by atoms with E-state index in [2.05, 4.69) is 28.5 Å². The number of thioether (sulfide) groups is 1. The van der Waals surface area contributed by atoms with Crippen LogP contribution in [-0.2, 0) is 17.6 Å². The van der Waals surface area contributed by atoms with Gasteiger partial charge >= 0.3 is 0 Å². The van der Waals surface area contributed by atoms with E-state index in [9.17, 15) is 10.1 Å². The van der Waals surface area contributed by atoms with Gasteiger partial charge in [0.2, 0.25) is 5.91 Å². The van der Waals surface area contributed by atoms with Crippen LogP contribution in [0.3, 0.4) is 0 Å². The Kier molecular flexibility index (Phi) is 8.00. The van der Waals surface area contributed by atoms with Gasteiger partial charge in [-0.05, 0) is 78.1 Å². The van der Waals surface area contributed by atoms with Gasteiger partial charge in [0.15, 0.2) is 5.16 Å². The number of aromatic nitrogens is 2. The highest BCUT2D eigenvalue weighted by Crippen LogP contribution is 2.45. The highest BCUT2D eigenvalue weighted by atomic mass is 32.2. The monoisotopic (exact) mass is 592 g/mol. The van der Waals surface area contributed by atoms with Gasteiger partial charge in [0.25, 0.3) is 0 Å². The molecule has 1 aliphatic carbocycles. The van der Waals surface area contributed by atoms with Gasteiger partial charge in [-0.1, -0.05) is 36.0 Å². The fourth-order valence-electron chi connectivity index (χ4n) is 5.12. The number of rotatable bonds is 9. The fourth-order valence-corrected chi connectivity index (χ4v) is 7.21. The number of anilines is 1. The van der Waals surface area contributed by atoms with E-state index < -0.39 is 0 Å². The van der Waals surface area contributed by atoms with E-state index in [0.717, 1.165) is 68.0 Å². The van der Waals surface area contributed by atoms with E-state index >= 15 is 0 Å². The third kappa shape index (κ3) is 5.51. The number of benzene rings is 3. The Hall–Kier alpha value is -4.52. The Morgan fingerprint density at radius 3 is 2.38 bits per heavy atom. The Morgan fingerprint density at radius 2 is 1.69 bits per heavy atom. The lowest BCUT2D eigenvalue weighted by Crippen LogP contribution is -2.12. The molecule has 1 amide bonds. The predicted molar refractivity (Wildman–Crippen MR) is 168 cm³/mol. The van der Waals surface area contributed by atoms with Crippen molar-refractivity contribution in [2.75, 3.05) is 25.3 Å². The van der Waals surface area contributed by atoms with Crippen molar-refractivity contribution in [2.24, 2.45) is 0 Å². The van der Waals surface area contributed by atoms with Gasteiger partial charge in [-0.25, -0.2) is 4.98 Å². The molecule has 9 heteroatoms. The van der Waals surface area contributed by atoms with Crippen LogP contribution < -0.4 is 14.8 Å². The molecule has 0 saturated carbocycles. The van der Waals surface area contributed by atoms with Crippen molar-refractivity contribution in [1.29, 1.82) is 5.26 Å². The molecule has 0 saturated heterocycles. The van der Waals surface area contributed by atoms with Gasteiger partial charge in [0, 0.05) is 28.2 Å². The largest absolute Gasteiger partial charge is 0.497 e. The molecule has 210 valence electrons. The van der Waals surface area contributed by atoms with Gasteiger partial charge in [-0.15, -0.1) is 11.3 Å². The molecule has 0 spiro atoms. The van der Waals surface area contributed by atoms with Crippen molar-refractivity contribution in [3.8, 4) is 50.5 Å². The molecule has 42 heavy (non-hydrogen) atoms. The van der Waals surface area contributed by atoms with Crippen molar-refractivity contribution in [3.05, 3.63) is 89.5 Å². The summed E-state index contributed by atoms with van der Waals surface area (Å²) in [5, 5.41) is 14.3. The first-order valence-corrected chi connectivity index (χ1v) is 15.3. The number of hydrogen-bond acceptors (Lipinski definition) is 7. The second kappa shape index (κ2) is 12.1. The lowest BCUT2D eigenvalue weighted by molar-refractivity contribution is -0.115. The highest BCUT2D eigenvalue weighted by Gasteiger charge is 2.25. The number of H-pyrrole nitrogens is 1. The third-order valence-electron chi connectivity index (χ3n) is 7.27. The molecule has 0 radical (unpaired) electrons. The molecule has 5 aromatic rings. The zero-order chi connectivity index (χ0) is 29.1. The molecule has 3 aromatic carbocycles. The average molecular weight is 593 g/mol. The summed E-state index contributed by atoms with van der Waals surface area (Å²) in [6.45, 7) is 0. The van der Waals surface area contributed by atoms with Crippen molar-refractivity contribution in [1.82, 2.24) is 9.97 Å². The number of imidazole rings is 1. The van der Waals surface area contributed by atoms with Gasteiger partial charge in [0.05, 0.1) is 31.2 Å². The maximum Gasteiger partial charge on any atom is 0.225 e. The molecule has 0 atom stereocenters. The minimum atomic E-state index is -0.122. The number of hydrogen-bond donors (Lipinski definition) is 2. The van der Waals surface area contributed by atoms with E-state index in [0.29, 0.717) is 16.3 Å². The number of nitriles is 1. The summed E-state index contributed by atoms with van der Waals surface area (Å²) in [6, 6.07) is 26.2. The van der Waals surface area contributed by atoms with Gasteiger partial charge in [-0.2, -0.15) is 5.26 Å². The number of aryl methyl sites for hydroxylation is 1. The van der Waals surface area contributed by atoms with E-state index in [-0.39, 0.29) is 12.3 Å². The summed E-state index contributed by atoms with van der Waals surface area (Å²) in [5.41, 5.74) is 7.71. The fraction of sp³-hybridized carbons (Fsp3) is 0.182. The molecule has 6 rings (SSSR count). The Balaban J connectivity index is 1.17. The molecule has 2 aromatic heterocycles. The molecule has 7 nitrogen and oxygen atoms in total. The SMILES string of the molecule is COc1ccc(-c2nc(SCCC(=O)Nc3sc4c(c3C#N)CCc3ccccc3-4)[nH]c2-c2ccc(OC)cc2)cc1. The predicted octanol–water partition coefficient (Wildman–Crippen LogP) is 7.58. The topological polar surface area (TPSA) is 100 Å². The van der Waals surface area contributed by atoms with Gasteiger partial charge in [0.1, 0.15) is 22.6 Å². The summed E-state index contributed by atoms with van der Waals surface area (Å²) in [7, 11) is 3.29. The second-order valence-electron chi connectivity index (χ2n) is 9.75. The minimum absolute atomic E-state index is 0.122. The highest BCUT2D eigenvalue weighted by molar-refractivity contribution is 7.99. The third-order valence-corrected chi connectivity index (χ3v) is 9.33. The average Bonchev–Trinajstić information content (AvgIpc) is 3.62. The van der Waals surface area contributed by atoms with Gasteiger partial charge < -0.3 is 19.8 Å². The van der Waals surface area contributed by atoms with Crippen LogP contribution in [0.2, 0.25) is 0 Å². The molecule has 2 N–H and O–H groups in total. The number of ether oxygens (including phenoxy) is 2. The Labute approximate surface area is 252 Å². The lowest BCUT2D eigenvalue weighted by Gasteiger charge is -2.15. The number of methoxy groups -OCH3 is 2. The van der Waals surface area contributed by atoms with E-state index in [4.69, 9.17) is 14.5 Å². The maximum absolute atomic E-state index is 13.0. The number of aromatic amines is 1. The number of thiophene rings is 1. The van der Waals surface area contributed by atoms with Crippen LogP contribution in [0, 0.1) is 11.3 Å². The molecule has 2 heterocycles. The van der Waals surface area contributed by atoms with E-state index in [1.165, 1.54) is 28.7 Å². The van der Waals surface area contributed by atoms with Crippen molar-refractivity contribution < 1.29 is 14.3 Å². The summed E-state index contributed by atoms with van der Waals surface area (Å²) in [4.78, 5) is 22.4. The quantitative estimate of drug-likeness (QED) is 0.171. The molecule has 1 aliphatic rings. The van der Waals surface area contributed by atoms with Crippen LogP contribution in [0.15, 0.2) is 78.0 Å². The van der Waals surface area contributed by atoms with Crippen LogP contribution in [0.4, 0.5) is 5.00 Å². The van der Waals surface area contributed by atoms with Crippen LogP contribution in [0.25, 0.3) is 33.0 Å². The molecule has 0 aliphatic heterocycles. The number of nitrogens with zero attached hydrogens (tertiary/aromatic N) is 2. The molecule has 0 bridgehead atoms. The molecular weight excluding hydrogens is 565 g/mol. The molecular formula is C33H28N4O3S2. The van der Waals surface area contributed by atoms with Crippen molar-refractivity contribution in [2.45, 2.75) is 24.4 Å². The normalized spacial score (nSPS) is 11.7. The second-order valence-corrected chi connectivity index (χ2v) is 11.9. The Bertz CT molecular complexity index is 1720. The first-order valence-electron chi connectivity index (χ1n) is 13.5. The lowest BCUT2D eigenvalue weighted by atomic mass is 9.90. The number of amides is 1. The standard InChI is InChI=1S/C33H28N4O3S2/c1-39-23-12-7-21(8-13-23)29-30(22-9-14-24(40-2)15-10-22)37-33(36-29)41-18-17-28(38)35-32-27(19-34)26-16-11-20-5-3-4-6-25(20)31(26)42-32/h3-10,12-15H,11,16-18H2,1-2H3,(H,35,38)(H,36,37). The summed E-state index contributed by atoms with van der Waals surface area (Å²) in [6.07, 6.45) is 1.99. The van der Waals surface area contributed by atoms with E-state index in [1.54, 1.807) is 14.2 Å². The van der Waals surface area contributed by atoms with Crippen LogP contribution >= 0.6 is 23.1 Å².